The van der Waals surface area contributed by atoms with Crippen LogP contribution in [0.4, 0.5) is 15.9 Å². The predicted molar refractivity (Wildman–Crippen MR) is 92.9 cm³/mol. The number of hydrogen-bond acceptors (Lipinski definition) is 8. The Morgan fingerprint density at radius 1 is 1.27 bits per heavy atom. The Morgan fingerprint density at radius 2 is 2.08 bits per heavy atom. The molecule has 2 N–H and O–H groups in total. The molecule has 1 amide bonds. The van der Waals surface area contributed by atoms with Gasteiger partial charge in [-0.15, -0.1) is 0 Å². The van der Waals surface area contributed by atoms with Gasteiger partial charge in [0.05, 0.1) is 10.2 Å². The number of carbonyl (C=O) groups is 1. The van der Waals surface area contributed by atoms with Crippen molar-refractivity contribution in [3.63, 3.8) is 0 Å². The van der Waals surface area contributed by atoms with Crippen molar-refractivity contribution < 1.29 is 18.8 Å². The molecule has 0 bridgehead atoms. The van der Waals surface area contributed by atoms with Gasteiger partial charge in [0.2, 0.25) is 5.82 Å². The van der Waals surface area contributed by atoms with E-state index >= 15 is 0 Å². The maximum Gasteiger partial charge on any atom is 0.257 e. The molecule has 0 radical (unpaired) electrons. The molecule has 11 heteroatoms. The summed E-state index contributed by atoms with van der Waals surface area (Å²) in [6, 6.07) is 7.29. The van der Waals surface area contributed by atoms with Crippen molar-refractivity contribution >= 4 is 39.6 Å². The molecule has 132 valence electrons. The molecule has 0 aliphatic rings. The smallest absolute Gasteiger partial charge is 0.257 e. The first-order valence-electron chi connectivity index (χ1n) is 7.08. The first-order chi connectivity index (χ1) is 12.6. The van der Waals surface area contributed by atoms with E-state index in [2.05, 4.69) is 51.8 Å². The van der Waals surface area contributed by atoms with E-state index in [1.54, 1.807) is 12.1 Å². The maximum absolute atomic E-state index is 13.1. The number of halogens is 2. The average Bonchev–Trinajstić information content (AvgIpc) is 3.09. The number of nitrogens with zero attached hydrogens (tertiary/aromatic N) is 4. The summed E-state index contributed by atoms with van der Waals surface area (Å²) in [7, 11) is 0. The van der Waals surface area contributed by atoms with Crippen molar-refractivity contribution in [1.82, 2.24) is 15.3 Å². The minimum Gasteiger partial charge on any atom is -0.302 e. The molecule has 9 nitrogen and oxygen atoms in total. The van der Waals surface area contributed by atoms with Crippen molar-refractivity contribution in [2.24, 2.45) is 5.16 Å². The highest BCUT2D eigenvalue weighted by molar-refractivity contribution is 9.10. The van der Waals surface area contributed by atoms with Crippen LogP contribution in [0.3, 0.4) is 0 Å². The normalized spacial score (nSPS) is 10.7. The molecule has 3 aromatic rings. The van der Waals surface area contributed by atoms with Gasteiger partial charge in [0.1, 0.15) is 12.0 Å². The van der Waals surface area contributed by atoms with Crippen LogP contribution in [0.15, 0.2) is 57.0 Å². The molecule has 0 aliphatic heterocycles. The van der Waals surface area contributed by atoms with Crippen molar-refractivity contribution in [2.45, 2.75) is 0 Å². The lowest BCUT2D eigenvalue weighted by Gasteiger charge is -2.03. The van der Waals surface area contributed by atoms with E-state index in [0.29, 0.717) is 11.3 Å². The zero-order valence-electron chi connectivity index (χ0n) is 12.9. The number of carbonyl (C=O) groups excluding carboxylic acids is 1. The topological polar surface area (TPSA) is 115 Å². The number of anilines is 2. The number of benzene rings is 1. The van der Waals surface area contributed by atoms with Crippen LogP contribution in [0.1, 0.15) is 16.1 Å². The number of rotatable bonds is 6. The Morgan fingerprint density at radius 3 is 2.85 bits per heavy atom. The minimum absolute atomic E-state index is 0.0729. The van der Waals surface area contributed by atoms with E-state index in [4.69, 9.17) is 4.94 Å². The van der Waals surface area contributed by atoms with Crippen LogP contribution in [-0.4, -0.2) is 27.4 Å². The van der Waals surface area contributed by atoms with Crippen LogP contribution in [0.2, 0.25) is 0 Å². The molecule has 3 rings (SSSR count). The lowest BCUT2D eigenvalue weighted by atomic mass is 10.2. The van der Waals surface area contributed by atoms with Gasteiger partial charge < -0.3 is 5.32 Å². The summed E-state index contributed by atoms with van der Waals surface area (Å²) in [5.74, 6) is -0.737. The van der Waals surface area contributed by atoms with Crippen LogP contribution in [-0.2, 0) is 4.94 Å². The second kappa shape index (κ2) is 8.16. The first-order valence-corrected chi connectivity index (χ1v) is 7.87. The predicted octanol–water partition coefficient (Wildman–Crippen LogP) is 3.00. The molecule has 2 heterocycles. The Hall–Kier alpha value is -3.34. The second-order valence-electron chi connectivity index (χ2n) is 4.74. The van der Waals surface area contributed by atoms with Crippen LogP contribution >= 0.6 is 15.9 Å². The second-order valence-corrected chi connectivity index (χ2v) is 5.60. The van der Waals surface area contributed by atoms with Crippen molar-refractivity contribution in [1.29, 1.82) is 0 Å². The number of hydrogen-bond donors (Lipinski definition) is 2. The molecule has 26 heavy (non-hydrogen) atoms. The zero-order valence-corrected chi connectivity index (χ0v) is 14.5. The quantitative estimate of drug-likeness (QED) is 0.465. The van der Waals surface area contributed by atoms with Crippen molar-refractivity contribution in [2.75, 3.05) is 10.8 Å². The number of aromatic nitrogens is 3. The molecular formula is C15H10BrFN6O3. The fourth-order valence-corrected chi connectivity index (χ4v) is 2.14. The molecule has 0 fully saturated rings. The third-order valence-corrected chi connectivity index (χ3v) is 3.61. The largest absolute Gasteiger partial charge is 0.302 e. The Kier molecular flexibility index (Phi) is 5.49. The summed E-state index contributed by atoms with van der Waals surface area (Å²) in [4.78, 5) is 20.8. The Labute approximate surface area is 154 Å². The van der Waals surface area contributed by atoms with Gasteiger partial charge >= 0.3 is 0 Å². The summed E-state index contributed by atoms with van der Waals surface area (Å²) in [6.45, 7) is 0. The number of pyridine rings is 1. The SMILES string of the molecule is O=C(Nc1nonc1/C=N/ONc1ccc(F)c(Br)c1)c1ccncc1. The maximum atomic E-state index is 13.1. The molecule has 0 aliphatic carbocycles. The van der Waals surface area contributed by atoms with Gasteiger partial charge in [-0.05, 0) is 56.6 Å². The Balaban J connectivity index is 1.59. The summed E-state index contributed by atoms with van der Waals surface area (Å²) >= 11 is 3.05. The van der Waals surface area contributed by atoms with Gasteiger partial charge in [-0.3, -0.25) is 14.7 Å². The first kappa shape index (κ1) is 17.5. The van der Waals surface area contributed by atoms with Gasteiger partial charge in [0.25, 0.3) is 5.91 Å². The van der Waals surface area contributed by atoms with Gasteiger partial charge in [0.15, 0.2) is 5.69 Å². The van der Waals surface area contributed by atoms with Gasteiger partial charge in [-0.2, -0.15) is 5.48 Å². The number of oxime groups is 1. The highest BCUT2D eigenvalue weighted by Crippen LogP contribution is 2.20. The van der Waals surface area contributed by atoms with Crippen LogP contribution < -0.4 is 10.8 Å². The van der Waals surface area contributed by atoms with E-state index in [0.717, 1.165) is 0 Å². The molecule has 0 saturated heterocycles. The van der Waals surface area contributed by atoms with Gasteiger partial charge in [0, 0.05) is 18.0 Å². The molecule has 0 saturated carbocycles. The van der Waals surface area contributed by atoms with Gasteiger partial charge in [-0.1, -0.05) is 5.16 Å². The third-order valence-electron chi connectivity index (χ3n) is 3.00. The number of nitrogens with one attached hydrogen (secondary N) is 2. The molecule has 0 unspecified atom stereocenters. The molecule has 2 aromatic heterocycles. The van der Waals surface area contributed by atoms with Crippen LogP contribution in [0.25, 0.3) is 0 Å². The summed E-state index contributed by atoms with van der Waals surface area (Å²) in [5, 5.41) is 13.4. The minimum atomic E-state index is -0.409. The summed E-state index contributed by atoms with van der Waals surface area (Å²) in [5.41, 5.74) is 3.51. The lowest BCUT2D eigenvalue weighted by molar-refractivity contribution is 0.102. The standard InChI is InChI=1S/C15H10BrFN6O3/c16-11-7-10(1-2-12(11)17)21-25-19-8-13-14(23-26-22-13)20-15(24)9-3-5-18-6-4-9/h1-8,21H,(H,20,23,24)/b19-8+. The number of amides is 1. The molecule has 0 spiro atoms. The van der Waals surface area contributed by atoms with Crippen LogP contribution in [0.5, 0.6) is 0 Å². The van der Waals surface area contributed by atoms with E-state index in [9.17, 15) is 9.18 Å². The van der Waals surface area contributed by atoms with Crippen molar-refractivity contribution in [3.8, 4) is 0 Å². The van der Waals surface area contributed by atoms with Gasteiger partial charge in [-0.25, -0.2) is 9.02 Å². The van der Waals surface area contributed by atoms with Crippen molar-refractivity contribution in [3.05, 3.63) is 64.3 Å². The average molecular weight is 421 g/mol. The van der Waals surface area contributed by atoms with Crippen LogP contribution in [0, 0.1) is 5.82 Å². The third kappa shape index (κ3) is 4.39. The van der Waals surface area contributed by atoms with E-state index in [1.807, 2.05) is 0 Å². The fraction of sp³-hybridized carbons (Fsp3) is 0. The van der Waals surface area contributed by atoms with E-state index < -0.39 is 11.7 Å². The molecular weight excluding hydrogens is 411 g/mol. The molecule has 0 atom stereocenters. The fourth-order valence-electron chi connectivity index (χ4n) is 1.76. The highest BCUT2D eigenvalue weighted by Gasteiger charge is 2.13. The molecule has 1 aromatic carbocycles. The van der Waals surface area contributed by atoms with E-state index in [-0.39, 0.29) is 16.0 Å². The Bertz CT molecular complexity index is 934. The monoisotopic (exact) mass is 420 g/mol. The highest BCUT2D eigenvalue weighted by atomic mass is 79.9. The zero-order chi connectivity index (χ0) is 18.4. The van der Waals surface area contributed by atoms with E-state index in [1.165, 1.54) is 36.8 Å². The summed E-state index contributed by atoms with van der Waals surface area (Å²) in [6.07, 6.45) is 4.17. The summed E-state index contributed by atoms with van der Waals surface area (Å²) < 4.78 is 18.0. The lowest BCUT2D eigenvalue weighted by Crippen LogP contribution is -2.13.